The molecule has 0 bridgehead atoms. The number of aryl methyl sites for hydroxylation is 1. The molecular weight excluding hydrogens is 236 g/mol. The summed E-state index contributed by atoms with van der Waals surface area (Å²) in [6.45, 7) is 11.6. The van der Waals surface area contributed by atoms with E-state index in [4.69, 9.17) is 5.73 Å². The maximum atomic E-state index is 5.69. The molecule has 4 heteroatoms. The summed E-state index contributed by atoms with van der Waals surface area (Å²) in [6.07, 6.45) is 2.44. The Kier molecular flexibility index (Phi) is 4.09. The van der Waals surface area contributed by atoms with Gasteiger partial charge in [0.15, 0.2) is 0 Å². The molecule has 1 aromatic rings. The number of hydrogen-bond donors (Lipinski definition) is 1. The molecule has 0 unspecified atom stereocenters. The second-order valence-corrected chi connectivity index (χ2v) is 6.63. The van der Waals surface area contributed by atoms with Crippen LogP contribution in [0.2, 0.25) is 0 Å². The fourth-order valence-corrected chi connectivity index (χ4v) is 2.81. The van der Waals surface area contributed by atoms with Gasteiger partial charge in [-0.2, -0.15) is 0 Å². The average Bonchev–Trinajstić information content (AvgIpc) is 2.37. The zero-order valence-corrected chi connectivity index (χ0v) is 12.6. The van der Waals surface area contributed by atoms with Crippen molar-refractivity contribution in [3.8, 4) is 0 Å². The Morgan fingerprint density at radius 3 is 2.42 bits per heavy atom. The zero-order valence-electron chi connectivity index (χ0n) is 12.6. The number of rotatable bonds is 2. The van der Waals surface area contributed by atoms with Crippen LogP contribution < -0.4 is 10.6 Å². The second kappa shape index (κ2) is 5.45. The molecule has 1 aromatic heterocycles. The molecule has 0 aliphatic carbocycles. The SMILES string of the molecule is Cc1cc(CN)nc(N2CCC(C(C)(C)C)CC2)n1. The standard InChI is InChI=1S/C15H26N4/c1-11-9-13(10-16)18-14(17-11)19-7-5-12(6-8-19)15(2,3)4/h9,12H,5-8,10,16H2,1-4H3. The second-order valence-electron chi connectivity index (χ2n) is 6.63. The monoisotopic (exact) mass is 262 g/mol. The van der Waals surface area contributed by atoms with Crippen molar-refractivity contribution in [3.63, 3.8) is 0 Å². The average molecular weight is 262 g/mol. The molecule has 0 saturated carbocycles. The van der Waals surface area contributed by atoms with Gasteiger partial charge in [0.1, 0.15) is 0 Å². The van der Waals surface area contributed by atoms with Gasteiger partial charge in [-0.25, -0.2) is 9.97 Å². The molecule has 2 heterocycles. The molecule has 0 atom stereocenters. The van der Waals surface area contributed by atoms with Crippen LogP contribution in [0.1, 0.15) is 45.0 Å². The van der Waals surface area contributed by atoms with Crippen LogP contribution in [-0.4, -0.2) is 23.1 Å². The molecule has 19 heavy (non-hydrogen) atoms. The quantitative estimate of drug-likeness (QED) is 0.889. The molecule has 106 valence electrons. The van der Waals surface area contributed by atoms with Gasteiger partial charge in [-0.1, -0.05) is 20.8 Å². The van der Waals surface area contributed by atoms with Crippen molar-refractivity contribution >= 4 is 5.95 Å². The third-order valence-electron chi connectivity index (χ3n) is 4.11. The van der Waals surface area contributed by atoms with Crippen molar-refractivity contribution in [1.82, 2.24) is 9.97 Å². The van der Waals surface area contributed by atoms with Crippen molar-refractivity contribution in [2.45, 2.75) is 47.1 Å². The maximum absolute atomic E-state index is 5.69. The van der Waals surface area contributed by atoms with E-state index in [-0.39, 0.29) is 0 Å². The fraction of sp³-hybridized carbons (Fsp3) is 0.733. The Labute approximate surface area is 116 Å². The summed E-state index contributed by atoms with van der Waals surface area (Å²) in [4.78, 5) is 11.4. The lowest BCUT2D eigenvalue weighted by Crippen LogP contribution is -2.39. The summed E-state index contributed by atoms with van der Waals surface area (Å²) in [5, 5.41) is 0. The van der Waals surface area contributed by atoms with Crippen LogP contribution in [0.15, 0.2) is 6.07 Å². The summed E-state index contributed by atoms with van der Waals surface area (Å²) in [7, 11) is 0. The van der Waals surface area contributed by atoms with Crippen molar-refractivity contribution in [2.24, 2.45) is 17.1 Å². The van der Waals surface area contributed by atoms with E-state index in [1.54, 1.807) is 0 Å². The van der Waals surface area contributed by atoms with E-state index in [0.29, 0.717) is 12.0 Å². The first-order valence-electron chi connectivity index (χ1n) is 7.19. The van der Waals surface area contributed by atoms with E-state index < -0.39 is 0 Å². The lowest BCUT2D eigenvalue weighted by molar-refractivity contribution is 0.198. The Balaban J connectivity index is 2.07. The van der Waals surface area contributed by atoms with Crippen LogP contribution in [0, 0.1) is 18.3 Å². The van der Waals surface area contributed by atoms with Gasteiger partial charge in [-0.3, -0.25) is 0 Å². The van der Waals surface area contributed by atoms with Crippen molar-refractivity contribution in [2.75, 3.05) is 18.0 Å². The smallest absolute Gasteiger partial charge is 0.225 e. The topological polar surface area (TPSA) is 55.0 Å². The van der Waals surface area contributed by atoms with Gasteiger partial charge in [0.05, 0.1) is 5.69 Å². The van der Waals surface area contributed by atoms with Gasteiger partial charge in [0, 0.05) is 25.3 Å². The highest BCUT2D eigenvalue weighted by Crippen LogP contribution is 2.34. The molecule has 1 aliphatic rings. The number of nitrogens with two attached hydrogens (primary N) is 1. The Bertz CT molecular complexity index is 428. The van der Waals surface area contributed by atoms with E-state index >= 15 is 0 Å². The first-order valence-corrected chi connectivity index (χ1v) is 7.19. The Morgan fingerprint density at radius 2 is 1.89 bits per heavy atom. The van der Waals surface area contributed by atoms with E-state index in [1.165, 1.54) is 12.8 Å². The molecule has 1 aliphatic heterocycles. The molecular formula is C15H26N4. The predicted molar refractivity (Wildman–Crippen MR) is 79.1 cm³/mol. The molecule has 0 spiro atoms. The van der Waals surface area contributed by atoms with Gasteiger partial charge in [-0.05, 0) is 37.2 Å². The third-order valence-corrected chi connectivity index (χ3v) is 4.11. The first-order chi connectivity index (χ1) is 8.90. The highest BCUT2D eigenvalue weighted by atomic mass is 15.3. The molecule has 0 amide bonds. The number of nitrogens with zero attached hydrogens (tertiary/aromatic N) is 3. The Hall–Kier alpha value is -1.16. The van der Waals surface area contributed by atoms with E-state index in [1.807, 2.05) is 13.0 Å². The fourth-order valence-electron chi connectivity index (χ4n) is 2.81. The highest BCUT2D eigenvalue weighted by Gasteiger charge is 2.29. The molecule has 1 fully saturated rings. The van der Waals surface area contributed by atoms with Crippen LogP contribution in [0.3, 0.4) is 0 Å². The summed E-state index contributed by atoms with van der Waals surface area (Å²) >= 11 is 0. The van der Waals surface area contributed by atoms with Crippen molar-refractivity contribution < 1.29 is 0 Å². The van der Waals surface area contributed by atoms with Crippen LogP contribution in [0.25, 0.3) is 0 Å². The largest absolute Gasteiger partial charge is 0.341 e. The van der Waals surface area contributed by atoms with Gasteiger partial charge >= 0.3 is 0 Å². The number of aromatic nitrogens is 2. The molecule has 2 rings (SSSR count). The Morgan fingerprint density at radius 1 is 1.26 bits per heavy atom. The minimum atomic E-state index is 0.405. The minimum absolute atomic E-state index is 0.405. The van der Waals surface area contributed by atoms with Crippen molar-refractivity contribution in [1.29, 1.82) is 0 Å². The summed E-state index contributed by atoms with van der Waals surface area (Å²) in [5.41, 5.74) is 8.03. The zero-order chi connectivity index (χ0) is 14.0. The third kappa shape index (κ3) is 3.44. The molecule has 4 nitrogen and oxygen atoms in total. The maximum Gasteiger partial charge on any atom is 0.225 e. The van der Waals surface area contributed by atoms with E-state index in [2.05, 4.69) is 35.6 Å². The normalized spacial score (nSPS) is 17.8. The lowest BCUT2D eigenvalue weighted by Gasteiger charge is -2.38. The summed E-state index contributed by atoms with van der Waals surface area (Å²) in [5.74, 6) is 1.65. The van der Waals surface area contributed by atoms with Crippen LogP contribution in [0.4, 0.5) is 5.95 Å². The van der Waals surface area contributed by atoms with Crippen LogP contribution >= 0.6 is 0 Å². The lowest BCUT2D eigenvalue weighted by atomic mass is 9.75. The van der Waals surface area contributed by atoms with E-state index in [9.17, 15) is 0 Å². The van der Waals surface area contributed by atoms with E-state index in [0.717, 1.165) is 36.3 Å². The van der Waals surface area contributed by atoms with Gasteiger partial charge in [0.25, 0.3) is 0 Å². The molecule has 0 aromatic carbocycles. The van der Waals surface area contributed by atoms with Crippen LogP contribution in [0.5, 0.6) is 0 Å². The summed E-state index contributed by atoms with van der Waals surface area (Å²) < 4.78 is 0. The van der Waals surface area contributed by atoms with Crippen molar-refractivity contribution in [3.05, 3.63) is 17.5 Å². The van der Waals surface area contributed by atoms with Gasteiger partial charge < -0.3 is 10.6 Å². The number of hydrogen-bond acceptors (Lipinski definition) is 4. The number of anilines is 1. The summed E-state index contributed by atoms with van der Waals surface area (Å²) in [6, 6.07) is 1.96. The van der Waals surface area contributed by atoms with Crippen LogP contribution in [-0.2, 0) is 6.54 Å². The molecule has 0 radical (unpaired) electrons. The van der Waals surface area contributed by atoms with Gasteiger partial charge in [-0.15, -0.1) is 0 Å². The predicted octanol–water partition coefficient (Wildman–Crippen LogP) is 2.51. The first kappa shape index (κ1) is 14.3. The highest BCUT2D eigenvalue weighted by molar-refractivity contribution is 5.33. The van der Waals surface area contributed by atoms with Gasteiger partial charge in [0.2, 0.25) is 5.95 Å². The minimum Gasteiger partial charge on any atom is -0.341 e. The molecule has 2 N–H and O–H groups in total. The number of piperidine rings is 1. The molecule has 1 saturated heterocycles.